The second-order valence-electron chi connectivity index (χ2n) is 5.62. The van der Waals surface area contributed by atoms with Gasteiger partial charge in [0.15, 0.2) is 0 Å². The number of carboxylic acid groups (broad SMARTS) is 1. The summed E-state index contributed by atoms with van der Waals surface area (Å²) >= 11 is 0. The molecule has 0 spiro atoms. The van der Waals surface area contributed by atoms with Gasteiger partial charge in [0.2, 0.25) is 10.0 Å². The highest BCUT2D eigenvalue weighted by Gasteiger charge is 2.29. The molecule has 0 saturated heterocycles. The van der Waals surface area contributed by atoms with Crippen molar-refractivity contribution in [3.8, 4) is 0 Å². The van der Waals surface area contributed by atoms with Gasteiger partial charge in [-0.2, -0.15) is 0 Å². The lowest BCUT2D eigenvalue weighted by molar-refractivity contribution is -0.139. The van der Waals surface area contributed by atoms with Crippen LogP contribution >= 0.6 is 0 Å². The summed E-state index contributed by atoms with van der Waals surface area (Å²) in [5.41, 5.74) is 2.39. The Bertz CT molecular complexity index is 587. The van der Waals surface area contributed by atoms with Crippen molar-refractivity contribution in [2.45, 2.75) is 38.6 Å². The van der Waals surface area contributed by atoms with E-state index >= 15 is 0 Å². The predicted molar refractivity (Wildman–Crippen MR) is 80.6 cm³/mol. The molecule has 1 unspecified atom stereocenters. The number of carboxylic acids is 1. The van der Waals surface area contributed by atoms with Crippen LogP contribution in [-0.4, -0.2) is 31.3 Å². The molecule has 2 rings (SSSR count). The molecule has 0 amide bonds. The lowest BCUT2D eigenvalue weighted by Gasteiger charge is -2.16. The van der Waals surface area contributed by atoms with Crippen LogP contribution in [0.4, 0.5) is 0 Å². The van der Waals surface area contributed by atoms with Crippen molar-refractivity contribution in [1.29, 1.82) is 0 Å². The summed E-state index contributed by atoms with van der Waals surface area (Å²) in [6.07, 6.45) is 2.40. The molecule has 0 aromatic heterocycles. The van der Waals surface area contributed by atoms with Crippen molar-refractivity contribution in [2.24, 2.45) is 5.92 Å². The third-order valence-corrected chi connectivity index (χ3v) is 5.34. The summed E-state index contributed by atoms with van der Waals surface area (Å²) in [4.78, 5) is 11.1. The van der Waals surface area contributed by atoms with Crippen LogP contribution in [0.1, 0.15) is 30.9 Å². The van der Waals surface area contributed by atoms with E-state index in [1.165, 1.54) is 11.1 Å². The van der Waals surface area contributed by atoms with Crippen molar-refractivity contribution in [3.05, 3.63) is 35.4 Å². The maximum atomic E-state index is 12.2. The Kier molecular flexibility index (Phi) is 5.00. The molecule has 2 N–H and O–H groups in total. The largest absolute Gasteiger partial charge is 0.480 e. The van der Waals surface area contributed by atoms with Gasteiger partial charge in [0.1, 0.15) is 6.04 Å². The molecule has 1 aromatic rings. The molecular weight excluding hydrogens is 290 g/mol. The Morgan fingerprint density at radius 1 is 1.33 bits per heavy atom. The highest BCUT2D eigenvalue weighted by molar-refractivity contribution is 7.89. The molecule has 116 valence electrons. The third kappa shape index (κ3) is 4.28. The van der Waals surface area contributed by atoms with E-state index in [1.807, 2.05) is 31.2 Å². The zero-order valence-corrected chi connectivity index (χ0v) is 12.9. The van der Waals surface area contributed by atoms with Crippen LogP contribution in [0.2, 0.25) is 0 Å². The van der Waals surface area contributed by atoms with E-state index in [0.29, 0.717) is 12.8 Å². The quantitative estimate of drug-likeness (QED) is 0.800. The van der Waals surface area contributed by atoms with Crippen molar-refractivity contribution in [2.75, 3.05) is 5.75 Å². The molecule has 0 aliphatic heterocycles. The summed E-state index contributed by atoms with van der Waals surface area (Å²) in [6, 6.07) is 6.92. The first-order valence-electron chi connectivity index (χ1n) is 7.21. The Labute approximate surface area is 125 Å². The van der Waals surface area contributed by atoms with Crippen LogP contribution in [0.15, 0.2) is 24.3 Å². The van der Waals surface area contributed by atoms with Gasteiger partial charge in [-0.05, 0) is 36.3 Å². The van der Waals surface area contributed by atoms with E-state index < -0.39 is 22.0 Å². The molecule has 0 fully saturated rings. The summed E-state index contributed by atoms with van der Waals surface area (Å²) in [5.74, 6) is -1.11. The van der Waals surface area contributed by atoms with Gasteiger partial charge < -0.3 is 5.11 Å². The summed E-state index contributed by atoms with van der Waals surface area (Å²) < 4.78 is 26.6. The van der Waals surface area contributed by atoms with Gasteiger partial charge in [0.05, 0.1) is 5.75 Å². The van der Waals surface area contributed by atoms with Gasteiger partial charge in [-0.1, -0.05) is 37.6 Å². The minimum Gasteiger partial charge on any atom is -0.480 e. The van der Waals surface area contributed by atoms with Crippen molar-refractivity contribution < 1.29 is 18.3 Å². The lowest BCUT2D eigenvalue weighted by atomic mass is 10.1. The summed E-state index contributed by atoms with van der Waals surface area (Å²) in [7, 11) is -3.58. The standard InChI is InChI=1S/C15H21NO4S/c1-2-5-14(15(17)18)16-21(19,20)10-11-8-12-6-3-4-7-13(12)9-11/h3-4,6-7,11,14,16H,2,5,8-10H2,1H3,(H,17,18). The Morgan fingerprint density at radius 2 is 1.90 bits per heavy atom. The Hall–Kier alpha value is -1.40. The van der Waals surface area contributed by atoms with Gasteiger partial charge in [-0.15, -0.1) is 0 Å². The number of benzene rings is 1. The smallest absolute Gasteiger partial charge is 0.321 e. The number of carbonyl (C=O) groups is 1. The molecule has 1 aliphatic rings. The van der Waals surface area contributed by atoms with Crippen LogP contribution < -0.4 is 4.72 Å². The van der Waals surface area contributed by atoms with E-state index in [-0.39, 0.29) is 11.7 Å². The minimum atomic E-state index is -3.58. The number of aliphatic carboxylic acids is 1. The van der Waals surface area contributed by atoms with Gasteiger partial charge in [0, 0.05) is 0 Å². The zero-order valence-electron chi connectivity index (χ0n) is 12.1. The highest BCUT2D eigenvalue weighted by atomic mass is 32.2. The van der Waals surface area contributed by atoms with Gasteiger partial charge in [0.25, 0.3) is 0 Å². The Balaban J connectivity index is 1.98. The van der Waals surface area contributed by atoms with E-state index in [2.05, 4.69) is 4.72 Å². The number of hydrogen-bond acceptors (Lipinski definition) is 3. The molecule has 0 heterocycles. The molecule has 0 radical (unpaired) electrons. The van der Waals surface area contributed by atoms with E-state index in [4.69, 9.17) is 5.11 Å². The fraction of sp³-hybridized carbons (Fsp3) is 0.533. The van der Waals surface area contributed by atoms with E-state index in [1.54, 1.807) is 0 Å². The van der Waals surface area contributed by atoms with Gasteiger partial charge in [-0.25, -0.2) is 13.1 Å². The monoisotopic (exact) mass is 311 g/mol. The molecule has 0 bridgehead atoms. The van der Waals surface area contributed by atoms with Crippen LogP contribution in [-0.2, 0) is 27.7 Å². The first-order chi connectivity index (χ1) is 9.91. The van der Waals surface area contributed by atoms with Crippen molar-refractivity contribution in [1.82, 2.24) is 4.72 Å². The summed E-state index contributed by atoms with van der Waals surface area (Å²) in [6.45, 7) is 1.83. The topological polar surface area (TPSA) is 83.5 Å². The van der Waals surface area contributed by atoms with Crippen LogP contribution in [0, 0.1) is 5.92 Å². The zero-order chi connectivity index (χ0) is 15.5. The fourth-order valence-electron chi connectivity index (χ4n) is 2.86. The summed E-state index contributed by atoms with van der Waals surface area (Å²) in [5, 5.41) is 9.04. The van der Waals surface area contributed by atoms with Gasteiger partial charge >= 0.3 is 5.97 Å². The van der Waals surface area contributed by atoms with E-state index in [0.717, 1.165) is 12.8 Å². The average Bonchev–Trinajstić information content (AvgIpc) is 2.78. The van der Waals surface area contributed by atoms with Crippen molar-refractivity contribution in [3.63, 3.8) is 0 Å². The molecule has 1 atom stereocenters. The van der Waals surface area contributed by atoms with Crippen LogP contribution in [0.3, 0.4) is 0 Å². The maximum Gasteiger partial charge on any atom is 0.321 e. The minimum absolute atomic E-state index is 0.0187. The first kappa shape index (κ1) is 16.0. The number of fused-ring (bicyclic) bond motifs is 1. The predicted octanol–water partition coefficient (Wildman–Crippen LogP) is 1.57. The SMILES string of the molecule is CCCC(NS(=O)(=O)CC1Cc2ccccc2C1)C(=O)O. The normalized spacial score (nSPS) is 16.6. The maximum absolute atomic E-state index is 12.2. The Morgan fingerprint density at radius 3 is 2.38 bits per heavy atom. The number of sulfonamides is 1. The van der Waals surface area contributed by atoms with Crippen LogP contribution in [0.25, 0.3) is 0 Å². The molecule has 1 aromatic carbocycles. The average molecular weight is 311 g/mol. The van der Waals surface area contributed by atoms with Crippen LogP contribution in [0.5, 0.6) is 0 Å². The fourth-order valence-corrected chi connectivity index (χ4v) is 4.47. The molecular formula is C15H21NO4S. The highest BCUT2D eigenvalue weighted by Crippen LogP contribution is 2.27. The van der Waals surface area contributed by atoms with E-state index in [9.17, 15) is 13.2 Å². The molecule has 5 nitrogen and oxygen atoms in total. The number of hydrogen-bond donors (Lipinski definition) is 2. The number of nitrogens with one attached hydrogen (secondary N) is 1. The molecule has 0 saturated carbocycles. The third-order valence-electron chi connectivity index (χ3n) is 3.79. The number of rotatable bonds is 7. The molecule has 21 heavy (non-hydrogen) atoms. The first-order valence-corrected chi connectivity index (χ1v) is 8.86. The van der Waals surface area contributed by atoms with Gasteiger partial charge in [-0.3, -0.25) is 4.79 Å². The second kappa shape index (κ2) is 6.58. The lowest BCUT2D eigenvalue weighted by Crippen LogP contribution is -2.42. The molecule has 1 aliphatic carbocycles. The second-order valence-corrected chi connectivity index (χ2v) is 7.42. The van der Waals surface area contributed by atoms with Crippen molar-refractivity contribution >= 4 is 16.0 Å². The molecule has 6 heteroatoms.